The fourth-order valence-corrected chi connectivity index (χ4v) is 6.48. The summed E-state index contributed by atoms with van der Waals surface area (Å²) in [5.41, 5.74) is 11.1. The van der Waals surface area contributed by atoms with Crippen molar-refractivity contribution >= 4 is 37.7 Å². The Hall–Kier alpha value is -3.62. The van der Waals surface area contributed by atoms with E-state index < -0.39 is 5.41 Å². The van der Waals surface area contributed by atoms with E-state index >= 15 is 0 Å². The van der Waals surface area contributed by atoms with Crippen LogP contribution in [-0.2, 0) is 5.41 Å². The minimum absolute atomic E-state index is 0.418. The second-order valence-corrected chi connectivity index (χ2v) is 10.6. The van der Waals surface area contributed by atoms with Gasteiger partial charge in [0.1, 0.15) is 0 Å². The molecule has 0 spiro atoms. The van der Waals surface area contributed by atoms with Crippen molar-refractivity contribution in [1.29, 1.82) is 0 Å². The molecule has 0 saturated heterocycles. The van der Waals surface area contributed by atoms with Crippen LogP contribution in [0.25, 0.3) is 27.5 Å². The van der Waals surface area contributed by atoms with Gasteiger partial charge in [0, 0.05) is 15.2 Å². The number of rotatable bonds is 2. The Bertz CT molecular complexity index is 1710. The van der Waals surface area contributed by atoms with Crippen molar-refractivity contribution in [2.45, 2.75) is 19.3 Å². The van der Waals surface area contributed by atoms with Gasteiger partial charge < -0.3 is 4.57 Å². The lowest BCUT2D eigenvalue weighted by Gasteiger charge is -2.41. The Morgan fingerprint density at radius 1 is 0.600 bits per heavy atom. The summed E-state index contributed by atoms with van der Waals surface area (Å²) in [4.78, 5) is 0. The lowest BCUT2D eigenvalue weighted by atomic mass is 9.63. The van der Waals surface area contributed by atoms with Gasteiger partial charge in [-0.1, -0.05) is 112 Å². The Labute approximate surface area is 213 Å². The van der Waals surface area contributed by atoms with Gasteiger partial charge in [0.15, 0.2) is 0 Å². The highest BCUT2D eigenvalue weighted by molar-refractivity contribution is 9.10. The molecule has 0 amide bonds. The highest BCUT2D eigenvalue weighted by Crippen LogP contribution is 2.54. The van der Waals surface area contributed by atoms with Crippen molar-refractivity contribution in [3.63, 3.8) is 0 Å². The summed E-state index contributed by atoms with van der Waals surface area (Å²) in [6.07, 6.45) is 0. The van der Waals surface area contributed by atoms with Gasteiger partial charge in [-0.2, -0.15) is 0 Å². The van der Waals surface area contributed by atoms with Crippen LogP contribution < -0.4 is 0 Å². The molecule has 7 rings (SSSR count). The lowest BCUT2D eigenvalue weighted by molar-refractivity contribution is 0.727. The summed E-state index contributed by atoms with van der Waals surface area (Å²) < 4.78 is 3.58. The molecular formula is C33H24BrN. The van der Waals surface area contributed by atoms with Crippen molar-refractivity contribution < 1.29 is 0 Å². The molecule has 0 radical (unpaired) electrons. The molecule has 35 heavy (non-hydrogen) atoms. The van der Waals surface area contributed by atoms with E-state index in [0.29, 0.717) is 0 Å². The Morgan fingerprint density at radius 3 is 1.91 bits per heavy atom. The van der Waals surface area contributed by atoms with Crippen LogP contribution >= 0.6 is 15.9 Å². The molecule has 1 aromatic heterocycles. The largest absolute Gasteiger partial charge is 0.309 e. The van der Waals surface area contributed by atoms with Crippen LogP contribution in [0.5, 0.6) is 0 Å². The number of fused-ring (bicyclic) bond motifs is 5. The zero-order valence-corrected chi connectivity index (χ0v) is 21.3. The van der Waals surface area contributed by atoms with Crippen LogP contribution in [0.15, 0.2) is 114 Å². The molecule has 2 heterocycles. The van der Waals surface area contributed by atoms with E-state index in [1.54, 1.807) is 0 Å². The molecular weight excluding hydrogens is 490 g/mol. The van der Waals surface area contributed by atoms with E-state index in [2.05, 4.69) is 144 Å². The third-order valence-electron chi connectivity index (χ3n) is 7.67. The molecule has 0 fully saturated rings. The van der Waals surface area contributed by atoms with Crippen LogP contribution in [-0.4, -0.2) is 4.57 Å². The van der Waals surface area contributed by atoms with Crippen molar-refractivity contribution in [3.05, 3.63) is 147 Å². The Kier molecular flexibility index (Phi) is 4.40. The monoisotopic (exact) mass is 513 g/mol. The quantitative estimate of drug-likeness (QED) is 0.217. The summed E-state index contributed by atoms with van der Waals surface area (Å²) in [6.45, 7) is 4.32. The summed E-state index contributed by atoms with van der Waals surface area (Å²) >= 11 is 3.72. The van der Waals surface area contributed by atoms with E-state index in [0.717, 1.165) is 4.47 Å². The van der Waals surface area contributed by atoms with Gasteiger partial charge in [-0.3, -0.25) is 0 Å². The first-order valence-corrected chi connectivity index (χ1v) is 12.9. The number of hydrogen-bond donors (Lipinski definition) is 0. The molecule has 6 aromatic rings. The second kappa shape index (κ2) is 7.44. The Balaban J connectivity index is 1.75. The molecule has 0 atom stereocenters. The highest BCUT2D eigenvalue weighted by atomic mass is 79.9. The number of para-hydroxylation sites is 2. The average molecular weight is 514 g/mol. The van der Waals surface area contributed by atoms with Crippen LogP contribution in [0.2, 0.25) is 0 Å². The minimum Gasteiger partial charge on any atom is -0.309 e. The zero-order chi connectivity index (χ0) is 23.7. The molecule has 2 heteroatoms. The number of aryl methyl sites for hydroxylation is 2. The predicted molar refractivity (Wildman–Crippen MR) is 150 cm³/mol. The first-order chi connectivity index (χ1) is 17.1. The van der Waals surface area contributed by atoms with E-state index in [4.69, 9.17) is 0 Å². The molecule has 5 aromatic carbocycles. The third kappa shape index (κ3) is 2.75. The van der Waals surface area contributed by atoms with Gasteiger partial charge in [-0.15, -0.1) is 0 Å². The maximum atomic E-state index is 3.72. The second-order valence-electron chi connectivity index (χ2n) is 9.70. The Morgan fingerprint density at radius 2 is 1.23 bits per heavy atom. The first-order valence-electron chi connectivity index (χ1n) is 12.1. The van der Waals surface area contributed by atoms with Crippen molar-refractivity contribution in [2.24, 2.45) is 0 Å². The third-order valence-corrected chi connectivity index (χ3v) is 8.16. The lowest BCUT2D eigenvalue weighted by Crippen LogP contribution is -2.35. The topological polar surface area (TPSA) is 4.93 Å². The van der Waals surface area contributed by atoms with E-state index in [9.17, 15) is 0 Å². The highest BCUT2D eigenvalue weighted by Gasteiger charge is 2.45. The molecule has 1 aliphatic rings. The van der Waals surface area contributed by atoms with Gasteiger partial charge in [0.05, 0.1) is 22.1 Å². The van der Waals surface area contributed by atoms with Gasteiger partial charge in [0.25, 0.3) is 0 Å². The molecule has 1 nitrogen and oxygen atoms in total. The van der Waals surface area contributed by atoms with Crippen molar-refractivity contribution in [1.82, 2.24) is 4.57 Å². The maximum Gasteiger partial charge on any atom is 0.0742 e. The molecule has 0 bridgehead atoms. The minimum atomic E-state index is -0.418. The normalized spacial score (nSPS) is 13.8. The van der Waals surface area contributed by atoms with Crippen LogP contribution in [0.3, 0.4) is 0 Å². The SMILES string of the molecule is Cc1ccc(C2(c3ccc(C)cc3)c3ccccc3-n3c4ccc(Br)cc4c4cccc2c43)cc1. The van der Waals surface area contributed by atoms with Crippen molar-refractivity contribution in [2.75, 3.05) is 0 Å². The summed E-state index contributed by atoms with van der Waals surface area (Å²) in [5, 5.41) is 2.56. The maximum absolute atomic E-state index is 3.72. The van der Waals surface area contributed by atoms with Crippen LogP contribution in [0.1, 0.15) is 33.4 Å². The smallest absolute Gasteiger partial charge is 0.0742 e. The summed E-state index contributed by atoms with van der Waals surface area (Å²) in [7, 11) is 0. The fourth-order valence-electron chi connectivity index (χ4n) is 6.12. The zero-order valence-electron chi connectivity index (χ0n) is 19.7. The molecule has 1 aliphatic heterocycles. The molecule has 0 unspecified atom stereocenters. The van der Waals surface area contributed by atoms with E-state index in [1.165, 1.54) is 60.9 Å². The molecule has 0 saturated carbocycles. The summed E-state index contributed by atoms with van der Waals surface area (Å²) in [5.74, 6) is 0. The number of halogens is 1. The standard InChI is InChI=1S/C33H24BrN/c1-21-10-14-23(15-11-21)33(24-16-12-22(2)13-17-24)28-7-3-4-9-31(28)35-30-19-18-25(34)20-27(30)26-6-5-8-29(33)32(26)35/h3-20H,1-2H3. The first kappa shape index (κ1) is 20.7. The molecule has 168 valence electrons. The van der Waals surface area contributed by atoms with Gasteiger partial charge in [-0.25, -0.2) is 0 Å². The number of aromatic nitrogens is 1. The average Bonchev–Trinajstić information content (AvgIpc) is 3.21. The predicted octanol–water partition coefficient (Wildman–Crippen LogP) is 8.86. The summed E-state index contributed by atoms with van der Waals surface area (Å²) in [6, 6.07) is 40.7. The number of benzene rings is 5. The molecule has 0 aliphatic carbocycles. The van der Waals surface area contributed by atoms with E-state index in [1.807, 2.05) is 0 Å². The fraction of sp³-hybridized carbons (Fsp3) is 0.0909. The van der Waals surface area contributed by atoms with E-state index in [-0.39, 0.29) is 0 Å². The number of hydrogen-bond acceptors (Lipinski definition) is 0. The van der Waals surface area contributed by atoms with Crippen molar-refractivity contribution in [3.8, 4) is 5.69 Å². The van der Waals surface area contributed by atoms with Gasteiger partial charge >= 0.3 is 0 Å². The van der Waals surface area contributed by atoms with Crippen LogP contribution in [0.4, 0.5) is 0 Å². The van der Waals surface area contributed by atoms with Gasteiger partial charge in [0.2, 0.25) is 0 Å². The van der Waals surface area contributed by atoms with Gasteiger partial charge in [-0.05, 0) is 60.4 Å². The number of nitrogens with zero attached hydrogens (tertiary/aromatic N) is 1. The van der Waals surface area contributed by atoms with Crippen LogP contribution in [0, 0.1) is 13.8 Å². The molecule has 0 N–H and O–H groups in total.